The van der Waals surface area contributed by atoms with Crippen molar-refractivity contribution in [1.82, 2.24) is 15.1 Å². The van der Waals surface area contributed by atoms with E-state index < -0.39 is 0 Å². The van der Waals surface area contributed by atoms with Crippen molar-refractivity contribution in [3.05, 3.63) is 48.3 Å². The number of rotatable bonds is 5. The largest absolute Gasteiger partial charge is 0.298 e. The second kappa shape index (κ2) is 5.25. The van der Waals surface area contributed by atoms with Crippen molar-refractivity contribution < 1.29 is 0 Å². The summed E-state index contributed by atoms with van der Waals surface area (Å²) in [4.78, 5) is 0. The molecule has 0 bridgehead atoms. The molecule has 2 aromatic rings. The van der Waals surface area contributed by atoms with E-state index in [0.717, 1.165) is 23.7 Å². The van der Waals surface area contributed by atoms with Crippen LogP contribution in [0.1, 0.15) is 24.4 Å². The van der Waals surface area contributed by atoms with Gasteiger partial charge in [0.1, 0.15) is 6.04 Å². The maximum absolute atomic E-state index is 9.24. The molecule has 1 unspecified atom stereocenters. The van der Waals surface area contributed by atoms with Gasteiger partial charge in [-0.3, -0.25) is 5.32 Å². The minimum atomic E-state index is -0.266. The van der Waals surface area contributed by atoms with E-state index in [1.165, 1.54) is 12.8 Å². The first-order valence-corrected chi connectivity index (χ1v) is 6.60. The number of para-hydroxylation sites is 1. The first kappa shape index (κ1) is 11.9. The maximum Gasteiger partial charge on any atom is 0.124 e. The van der Waals surface area contributed by atoms with Gasteiger partial charge in [0.05, 0.1) is 18.0 Å². The molecule has 1 aliphatic rings. The number of nitrogens with zero attached hydrogens (tertiary/aromatic N) is 3. The summed E-state index contributed by atoms with van der Waals surface area (Å²) in [7, 11) is 0. The molecule has 0 aliphatic heterocycles. The lowest BCUT2D eigenvalue weighted by atomic mass is 10.2. The van der Waals surface area contributed by atoms with E-state index >= 15 is 0 Å². The van der Waals surface area contributed by atoms with Crippen LogP contribution in [0.15, 0.2) is 42.7 Å². The molecule has 96 valence electrons. The normalized spacial score (nSPS) is 15.9. The topological polar surface area (TPSA) is 53.6 Å². The highest BCUT2D eigenvalue weighted by Gasteiger charge is 2.23. The highest BCUT2D eigenvalue weighted by atomic mass is 15.3. The molecule has 1 fully saturated rings. The van der Waals surface area contributed by atoms with Gasteiger partial charge in [-0.25, -0.2) is 4.68 Å². The molecule has 1 aromatic carbocycles. The molecule has 1 atom stereocenters. The average molecular weight is 252 g/mol. The van der Waals surface area contributed by atoms with Crippen molar-refractivity contribution in [2.75, 3.05) is 6.54 Å². The lowest BCUT2D eigenvalue weighted by Crippen LogP contribution is -2.21. The van der Waals surface area contributed by atoms with E-state index in [2.05, 4.69) is 16.5 Å². The van der Waals surface area contributed by atoms with E-state index in [4.69, 9.17) is 0 Å². The molecule has 0 radical (unpaired) electrons. The van der Waals surface area contributed by atoms with Crippen molar-refractivity contribution in [2.45, 2.75) is 18.9 Å². The fraction of sp³-hybridized carbons (Fsp3) is 0.333. The van der Waals surface area contributed by atoms with Crippen LogP contribution in [0.4, 0.5) is 0 Å². The van der Waals surface area contributed by atoms with Gasteiger partial charge < -0.3 is 0 Å². The molecular weight excluding hydrogens is 236 g/mol. The van der Waals surface area contributed by atoms with Gasteiger partial charge in [-0.15, -0.1) is 0 Å². The number of hydrogen-bond acceptors (Lipinski definition) is 3. The summed E-state index contributed by atoms with van der Waals surface area (Å²) in [5, 5.41) is 16.9. The molecule has 0 spiro atoms. The lowest BCUT2D eigenvalue weighted by Gasteiger charge is -2.08. The zero-order valence-corrected chi connectivity index (χ0v) is 10.7. The van der Waals surface area contributed by atoms with Crippen LogP contribution < -0.4 is 5.32 Å². The Morgan fingerprint density at radius 2 is 2.16 bits per heavy atom. The van der Waals surface area contributed by atoms with Gasteiger partial charge in [0, 0.05) is 11.8 Å². The van der Waals surface area contributed by atoms with Crippen LogP contribution in [0, 0.1) is 17.2 Å². The van der Waals surface area contributed by atoms with Gasteiger partial charge in [-0.1, -0.05) is 18.2 Å². The van der Waals surface area contributed by atoms with Gasteiger partial charge in [-0.05, 0) is 37.4 Å². The Hall–Kier alpha value is -2.12. The lowest BCUT2D eigenvalue weighted by molar-refractivity contribution is 0.593. The quantitative estimate of drug-likeness (QED) is 0.889. The van der Waals surface area contributed by atoms with Crippen molar-refractivity contribution in [1.29, 1.82) is 5.26 Å². The third-order valence-corrected chi connectivity index (χ3v) is 3.39. The molecule has 1 N–H and O–H groups in total. The fourth-order valence-electron chi connectivity index (χ4n) is 2.05. The molecule has 0 saturated heterocycles. The van der Waals surface area contributed by atoms with Gasteiger partial charge in [0.2, 0.25) is 0 Å². The van der Waals surface area contributed by atoms with Crippen molar-refractivity contribution in [3.8, 4) is 11.8 Å². The van der Waals surface area contributed by atoms with Crippen LogP contribution in [0.2, 0.25) is 0 Å². The fourth-order valence-corrected chi connectivity index (χ4v) is 2.05. The summed E-state index contributed by atoms with van der Waals surface area (Å²) in [6, 6.07) is 12.0. The number of nitrogens with one attached hydrogen (secondary N) is 1. The van der Waals surface area contributed by atoms with Crippen LogP contribution in [0.25, 0.3) is 5.69 Å². The smallest absolute Gasteiger partial charge is 0.124 e. The first-order chi connectivity index (χ1) is 9.36. The zero-order chi connectivity index (χ0) is 13.1. The predicted molar refractivity (Wildman–Crippen MR) is 72.6 cm³/mol. The second-order valence-electron chi connectivity index (χ2n) is 4.97. The molecular formula is C15H16N4. The number of hydrogen-bond donors (Lipinski definition) is 1. The molecule has 1 saturated carbocycles. The second-order valence-corrected chi connectivity index (χ2v) is 4.97. The SMILES string of the molecule is N#CC(NCC1CC1)c1cnn(-c2ccccc2)c1. The van der Waals surface area contributed by atoms with Gasteiger partial charge in [-0.2, -0.15) is 10.4 Å². The Bertz CT molecular complexity index is 578. The Morgan fingerprint density at radius 3 is 2.84 bits per heavy atom. The monoisotopic (exact) mass is 252 g/mol. The highest BCUT2D eigenvalue weighted by molar-refractivity contribution is 5.32. The molecule has 4 heteroatoms. The highest BCUT2D eigenvalue weighted by Crippen LogP contribution is 2.28. The Labute approximate surface area is 112 Å². The van der Waals surface area contributed by atoms with Crippen LogP contribution in [-0.4, -0.2) is 16.3 Å². The molecule has 0 amide bonds. The number of aromatic nitrogens is 2. The van der Waals surface area contributed by atoms with Crippen LogP contribution >= 0.6 is 0 Å². The molecule has 1 heterocycles. The van der Waals surface area contributed by atoms with E-state index in [-0.39, 0.29) is 6.04 Å². The van der Waals surface area contributed by atoms with Crippen LogP contribution in [0.5, 0.6) is 0 Å². The molecule has 4 nitrogen and oxygen atoms in total. The summed E-state index contributed by atoms with van der Waals surface area (Å²) in [5.74, 6) is 0.764. The maximum atomic E-state index is 9.24. The third kappa shape index (κ3) is 2.83. The standard InChI is InChI=1S/C15H16N4/c16-8-15(17-9-12-6-7-12)13-10-18-19(11-13)14-4-2-1-3-5-14/h1-5,10-12,15,17H,6-7,9H2. The minimum absolute atomic E-state index is 0.266. The summed E-state index contributed by atoms with van der Waals surface area (Å²) < 4.78 is 1.80. The van der Waals surface area contributed by atoms with Crippen molar-refractivity contribution in [3.63, 3.8) is 0 Å². The van der Waals surface area contributed by atoms with E-state index in [0.29, 0.717) is 0 Å². The van der Waals surface area contributed by atoms with Crippen LogP contribution in [-0.2, 0) is 0 Å². The molecule has 1 aromatic heterocycles. The number of nitriles is 1. The summed E-state index contributed by atoms with van der Waals surface area (Å²) in [5.41, 5.74) is 1.93. The summed E-state index contributed by atoms with van der Waals surface area (Å²) in [6.45, 7) is 0.925. The van der Waals surface area contributed by atoms with Crippen molar-refractivity contribution >= 4 is 0 Å². The average Bonchev–Trinajstić information content (AvgIpc) is 3.16. The number of benzene rings is 1. The molecule has 19 heavy (non-hydrogen) atoms. The Kier molecular flexibility index (Phi) is 3.30. The van der Waals surface area contributed by atoms with Gasteiger partial charge in [0.15, 0.2) is 0 Å². The van der Waals surface area contributed by atoms with Crippen molar-refractivity contribution in [2.24, 2.45) is 5.92 Å². The van der Waals surface area contributed by atoms with E-state index in [9.17, 15) is 5.26 Å². The Morgan fingerprint density at radius 1 is 1.37 bits per heavy atom. The molecule has 1 aliphatic carbocycles. The van der Waals surface area contributed by atoms with Gasteiger partial charge >= 0.3 is 0 Å². The minimum Gasteiger partial charge on any atom is -0.298 e. The third-order valence-electron chi connectivity index (χ3n) is 3.39. The predicted octanol–water partition coefficient (Wildman–Crippen LogP) is 2.44. The van der Waals surface area contributed by atoms with Gasteiger partial charge in [0.25, 0.3) is 0 Å². The molecule has 3 rings (SSSR count). The van der Waals surface area contributed by atoms with Crippen LogP contribution in [0.3, 0.4) is 0 Å². The zero-order valence-electron chi connectivity index (χ0n) is 10.7. The first-order valence-electron chi connectivity index (χ1n) is 6.60. The van der Waals surface area contributed by atoms with E-state index in [1.807, 2.05) is 36.5 Å². The van der Waals surface area contributed by atoms with E-state index in [1.54, 1.807) is 10.9 Å². The summed E-state index contributed by atoms with van der Waals surface area (Å²) >= 11 is 0. The summed E-state index contributed by atoms with van der Waals surface area (Å²) in [6.07, 6.45) is 6.26. The Balaban J connectivity index is 1.74.